The highest BCUT2D eigenvalue weighted by molar-refractivity contribution is 6.90. The Morgan fingerprint density at radius 1 is 0.942 bits per heavy atom. The number of fused-ring (bicyclic) bond motifs is 4. The standard InChI is InChI=1S/C44H66F2O4Si2/c1-29(2)52(30(3)4,31(5)6)25-22-44(45,46)43(47)21-19-38-36-17-16-33-27-42(48-23-24-49-42)20-18-35(33)39(36)37(28-41(38,43)10)32-14-13-15-34(26-32)50-51(11,12)40(7,8)9/h13-15,26-27,29-31,36-38,47H,16-21,23-24,28H2,1-12H3/t36?,37-,38?,41+,43+/m1/s1. The van der Waals surface area contributed by atoms with Crippen LogP contribution in [0, 0.1) is 28.7 Å². The predicted molar refractivity (Wildman–Crippen MR) is 213 cm³/mol. The number of ether oxygens (including phenoxy) is 2. The summed E-state index contributed by atoms with van der Waals surface area (Å²) >= 11 is 0. The number of aliphatic hydroxyl groups is 1. The van der Waals surface area contributed by atoms with Crippen molar-refractivity contribution in [2.45, 2.75) is 172 Å². The summed E-state index contributed by atoms with van der Waals surface area (Å²) < 4.78 is 53.4. The van der Waals surface area contributed by atoms with Crippen LogP contribution in [-0.2, 0) is 9.47 Å². The summed E-state index contributed by atoms with van der Waals surface area (Å²) in [6, 6.07) is 8.44. The van der Waals surface area contributed by atoms with Crippen LogP contribution in [0.4, 0.5) is 8.78 Å². The summed E-state index contributed by atoms with van der Waals surface area (Å²) in [4.78, 5) is 0. The number of halogens is 2. The smallest absolute Gasteiger partial charge is 0.336 e. The fraction of sp³-hybridized carbons (Fsp3) is 0.727. The first-order valence-electron chi connectivity index (χ1n) is 20.2. The van der Waals surface area contributed by atoms with E-state index >= 15 is 8.78 Å². The molecule has 52 heavy (non-hydrogen) atoms. The summed E-state index contributed by atoms with van der Waals surface area (Å²) in [5.74, 6) is -0.823. The summed E-state index contributed by atoms with van der Waals surface area (Å²) in [7, 11) is -4.59. The lowest BCUT2D eigenvalue weighted by Crippen LogP contribution is -2.60. The molecule has 1 heterocycles. The van der Waals surface area contributed by atoms with Gasteiger partial charge in [0.1, 0.15) is 19.4 Å². The average Bonchev–Trinajstić information content (AvgIpc) is 3.61. The summed E-state index contributed by atoms with van der Waals surface area (Å²) in [6.07, 6.45) is 6.64. The maximum Gasteiger partial charge on any atom is 0.336 e. The Morgan fingerprint density at radius 2 is 1.58 bits per heavy atom. The molecule has 288 valence electrons. The van der Waals surface area contributed by atoms with E-state index in [0.717, 1.165) is 37.0 Å². The largest absolute Gasteiger partial charge is 0.543 e. The second-order valence-corrected chi connectivity index (χ2v) is 29.9. The van der Waals surface area contributed by atoms with Crippen molar-refractivity contribution in [1.82, 2.24) is 0 Å². The molecule has 0 aromatic heterocycles. The Kier molecular flexibility index (Phi) is 10.3. The molecule has 2 saturated carbocycles. The molecular formula is C44H66F2O4Si2. The van der Waals surface area contributed by atoms with Crippen LogP contribution in [-0.4, -0.2) is 52.0 Å². The number of allylic oxidation sites excluding steroid dienone is 3. The van der Waals surface area contributed by atoms with E-state index in [4.69, 9.17) is 13.9 Å². The van der Waals surface area contributed by atoms with Gasteiger partial charge in [-0.05, 0) is 126 Å². The van der Waals surface area contributed by atoms with E-state index in [1.165, 1.54) is 16.7 Å². The highest BCUT2D eigenvalue weighted by Gasteiger charge is 2.71. The Bertz CT molecular complexity index is 1630. The van der Waals surface area contributed by atoms with Gasteiger partial charge in [-0.1, -0.05) is 86.9 Å². The number of hydrogen-bond acceptors (Lipinski definition) is 4. The van der Waals surface area contributed by atoms with Crippen molar-refractivity contribution in [3.63, 3.8) is 0 Å². The summed E-state index contributed by atoms with van der Waals surface area (Å²) in [5.41, 5.74) is 5.87. The van der Waals surface area contributed by atoms with Gasteiger partial charge in [0.2, 0.25) is 8.32 Å². The molecule has 3 fully saturated rings. The van der Waals surface area contributed by atoms with E-state index in [1.807, 2.05) is 13.0 Å². The molecule has 0 radical (unpaired) electrons. The molecule has 4 nitrogen and oxygen atoms in total. The lowest BCUT2D eigenvalue weighted by atomic mass is 9.50. The number of rotatable bonds is 7. The van der Waals surface area contributed by atoms with Crippen LogP contribution in [0.2, 0.25) is 34.8 Å². The molecule has 1 aromatic carbocycles. The van der Waals surface area contributed by atoms with Crippen LogP contribution in [0.5, 0.6) is 5.75 Å². The second kappa shape index (κ2) is 13.5. The number of benzene rings is 1. The van der Waals surface area contributed by atoms with Crippen LogP contribution >= 0.6 is 0 Å². The van der Waals surface area contributed by atoms with Gasteiger partial charge in [0.25, 0.3) is 0 Å². The van der Waals surface area contributed by atoms with Crippen molar-refractivity contribution in [3.8, 4) is 17.2 Å². The summed E-state index contributed by atoms with van der Waals surface area (Å²) in [5, 5.41) is 12.7. The third-order valence-corrected chi connectivity index (χ3v) is 25.7. The van der Waals surface area contributed by atoms with Crippen molar-refractivity contribution in [2.24, 2.45) is 17.3 Å². The van der Waals surface area contributed by atoms with Gasteiger partial charge in [-0.15, -0.1) is 5.54 Å². The Balaban J connectivity index is 1.48. The predicted octanol–water partition coefficient (Wildman–Crippen LogP) is 11.7. The molecule has 2 unspecified atom stereocenters. The minimum absolute atomic E-state index is 0.0316. The molecule has 5 atom stereocenters. The molecule has 1 saturated heterocycles. The fourth-order valence-corrected chi connectivity index (χ4v) is 17.5. The van der Waals surface area contributed by atoms with Gasteiger partial charge >= 0.3 is 5.92 Å². The van der Waals surface area contributed by atoms with Crippen molar-refractivity contribution < 1.29 is 27.8 Å². The van der Waals surface area contributed by atoms with E-state index in [0.29, 0.717) is 26.1 Å². The SMILES string of the molecule is CC(C)[Si](C#CC(F)(F)[C@]1(O)CCC2C3CCC4=CC5(CCC4=C3[C@@H](c3cccc(O[Si](C)(C)C(C)(C)C)c3)C[C@@]21C)OCCO5)(C(C)C)C(C)C. The van der Waals surface area contributed by atoms with Crippen LogP contribution in [0.25, 0.3) is 0 Å². The van der Waals surface area contributed by atoms with E-state index in [9.17, 15) is 5.11 Å². The minimum atomic E-state index is -3.54. The Morgan fingerprint density at radius 3 is 2.17 bits per heavy atom. The Hall–Kier alpha value is -1.77. The topological polar surface area (TPSA) is 47.9 Å². The van der Waals surface area contributed by atoms with Crippen molar-refractivity contribution in [1.29, 1.82) is 0 Å². The van der Waals surface area contributed by atoms with Crippen LogP contribution in [0.3, 0.4) is 0 Å². The molecule has 6 rings (SSSR count). The van der Waals surface area contributed by atoms with E-state index in [2.05, 4.69) is 111 Å². The zero-order valence-corrected chi connectivity index (χ0v) is 36.1. The quantitative estimate of drug-likeness (QED) is 0.223. The minimum Gasteiger partial charge on any atom is -0.543 e. The summed E-state index contributed by atoms with van der Waals surface area (Å²) in [6.45, 7) is 27.3. The molecule has 1 N–H and O–H groups in total. The van der Waals surface area contributed by atoms with Gasteiger partial charge < -0.3 is 19.0 Å². The molecule has 5 aliphatic rings. The van der Waals surface area contributed by atoms with E-state index in [1.54, 1.807) is 0 Å². The molecule has 0 bridgehead atoms. The first-order chi connectivity index (χ1) is 24.0. The lowest BCUT2D eigenvalue weighted by molar-refractivity contribution is -0.209. The lowest BCUT2D eigenvalue weighted by Gasteiger charge is -2.55. The maximum atomic E-state index is 17.1. The normalized spacial score (nSPS) is 30.7. The van der Waals surface area contributed by atoms with Gasteiger partial charge in [0, 0.05) is 17.8 Å². The number of alkyl halides is 2. The van der Waals surface area contributed by atoms with Gasteiger partial charge in [0.05, 0.1) is 13.2 Å². The first kappa shape index (κ1) is 39.9. The third kappa shape index (κ3) is 6.25. The third-order valence-electron chi connectivity index (χ3n) is 15.1. The zero-order valence-electron chi connectivity index (χ0n) is 34.1. The monoisotopic (exact) mass is 752 g/mol. The molecule has 1 spiro atoms. The zero-order chi connectivity index (χ0) is 38.3. The van der Waals surface area contributed by atoms with Gasteiger partial charge in [-0.2, -0.15) is 8.78 Å². The van der Waals surface area contributed by atoms with Crippen LogP contribution in [0.15, 0.2) is 47.1 Å². The fourth-order valence-electron chi connectivity index (χ4n) is 11.3. The first-order valence-corrected chi connectivity index (χ1v) is 25.3. The molecular weight excluding hydrogens is 687 g/mol. The molecule has 0 amide bonds. The highest BCUT2D eigenvalue weighted by Crippen LogP contribution is 2.69. The van der Waals surface area contributed by atoms with Crippen molar-refractivity contribution in [3.05, 3.63) is 52.6 Å². The molecule has 8 heteroatoms. The number of hydrogen-bond donors (Lipinski definition) is 1. The highest BCUT2D eigenvalue weighted by atomic mass is 28.4. The van der Waals surface area contributed by atoms with Crippen LogP contribution in [0.1, 0.15) is 126 Å². The van der Waals surface area contributed by atoms with E-state index in [-0.39, 0.29) is 45.8 Å². The van der Waals surface area contributed by atoms with Gasteiger partial charge in [-0.3, -0.25) is 0 Å². The molecule has 4 aliphatic carbocycles. The van der Waals surface area contributed by atoms with Crippen molar-refractivity contribution in [2.75, 3.05) is 13.2 Å². The molecule has 1 aromatic rings. The Labute approximate surface area is 315 Å². The maximum absolute atomic E-state index is 17.1. The van der Waals surface area contributed by atoms with E-state index < -0.39 is 39.1 Å². The van der Waals surface area contributed by atoms with Crippen LogP contribution < -0.4 is 4.43 Å². The second-order valence-electron chi connectivity index (χ2n) is 19.6. The van der Waals surface area contributed by atoms with Gasteiger partial charge in [0.15, 0.2) is 5.79 Å². The van der Waals surface area contributed by atoms with Gasteiger partial charge in [-0.25, -0.2) is 0 Å². The average molecular weight is 753 g/mol. The van der Waals surface area contributed by atoms with Crippen molar-refractivity contribution >= 4 is 16.4 Å². The molecule has 1 aliphatic heterocycles.